The van der Waals surface area contributed by atoms with Gasteiger partial charge < -0.3 is 19.6 Å². The Kier molecular flexibility index (Phi) is 12.7. The van der Waals surface area contributed by atoms with Gasteiger partial charge in [0, 0.05) is 68.3 Å². The standard InChI is InChI=1S/C66H52N4/c1-7-20-55(21-8-1)67(56-22-9-2-10-23-56)61-42-34-51(35-43-61)53-38-46-63(47-39-53)69(59-28-15-5-16-29-59)65-32-19-33-66(50-65)70(60-30-17-6-18-31-60)64-48-40-54(41-49-64)52-36-44-62(45-37-52)68(57-24-11-3-12-25-57)58-26-13-4-14-27-58/h1-3,5-13,15-50H,4,14H2. The Morgan fingerprint density at radius 3 is 0.771 bits per heavy atom. The fourth-order valence-corrected chi connectivity index (χ4v) is 9.42. The zero-order valence-electron chi connectivity index (χ0n) is 38.9. The minimum atomic E-state index is 1.05. The second-order valence-electron chi connectivity index (χ2n) is 17.3. The van der Waals surface area contributed by atoms with Crippen molar-refractivity contribution in [3.05, 3.63) is 297 Å². The predicted octanol–water partition coefficient (Wildman–Crippen LogP) is 18.8. The van der Waals surface area contributed by atoms with Crippen LogP contribution in [0.2, 0.25) is 0 Å². The third-order valence-electron chi connectivity index (χ3n) is 12.8. The van der Waals surface area contributed by atoms with Crippen LogP contribution >= 0.6 is 0 Å². The third-order valence-corrected chi connectivity index (χ3v) is 12.8. The molecule has 336 valence electrons. The number of para-hydroxylation sites is 5. The highest BCUT2D eigenvalue weighted by molar-refractivity contribution is 5.85. The molecule has 0 heterocycles. The molecule has 1 aliphatic carbocycles. The summed E-state index contributed by atoms with van der Waals surface area (Å²) in [5, 5.41) is 0. The van der Waals surface area contributed by atoms with E-state index in [0.29, 0.717) is 0 Å². The van der Waals surface area contributed by atoms with E-state index in [1.54, 1.807) is 0 Å². The minimum Gasteiger partial charge on any atom is -0.311 e. The van der Waals surface area contributed by atoms with Crippen molar-refractivity contribution in [2.45, 2.75) is 12.8 Å². The maximum absolute atomic E-state index is 2.34. The molecule has 0 aliphatic heterocycles. The van der Waals surface area contributed by atoms with E-state index in [0.717, 1.165) is 92.1 Å². The fraction of sp³-hybridized carbons (Fsp3) is 0.0303. The predicted molar refractivity (Wildman–Crippen MR) is 296 cm³/mol. The smallest absolute Gasteiger partial charge is 0.0482 e. The monoisotopic (exact) mass is 900 g/mol. The Morgan fingerprint density at radius 1 is 0.214 bits per heavy atom. The van der Waals surface area contributed by atoms with Gasteiger partial charge in [0.15, 0.2) is 0 Å². The number of benzene rings is 10. The lowest BCUT2D eigenvalue weighted by Crippen LogP contribution is -2.16. The van der Waals surface area contributed by atoms with Crippen molar-refractivity contribution >= 4 is 62.6 Å². The normalized spacial score (nSPS) is 11.9. The van der Waals surface area contributed by atoms with Crippen LogP contribution in [0, 0.1) is 0 Å². The number of anilines is 11. The van der Waals surface area contributed by atoms with E-state index >= 15 is 0 Å². The second kappa shape index (κ2) is 20.4. The van der Waals surface area contributed by atoms with E-state index < -0.39 is 0 Å². The summed E-state index contributed by atoms with van der Waals surface area (Å²) in [4.78, 5) is 9.31. The second-order valence-corrected chi connectivity index (χ2v) is 17.3. The highest BCUT2D eigenvalue weighted by Gasteiger charge is 2.19. The van der Waals surface area contributed by atoms with Gasteiger partial charge in [0.25, 0.3) is 0 Å². The molecule has 0 amide bonds. The van der Waals surface area contributed by atoms with Crippen molar-refractivity contribution in [3.8, 4) is 22.3 Å². The van der Waals surface area contributed by atoms with Crippen LogP contribution < -0.4 is 19.6 Å². The molecule has 0 aromatic heterocycles. The zero-order valence-corrected chi connectivity index (χ0v) is 38.9. The summed E-state index contributed by atoms with van der Waals surface area (Å²) < 4.78 is 0. The van der Waals surface area contributed by atoms with Crippen molar-refractivity contribution in [2.24, 2.45) is 0 Å². The highest BCUT2D eigenvalue weighted by Crippen LogP contribution is 2.42. The summed E-state index contributed by atoms with van der Waals surface area (Å²) in [6.45, 7) is 0. The Labute approximate surface area is 412 Å². The van der Waals surface area contributed by atoms with Gasteiger partial charge in [0.1, 0.15) is 0 Å². The molecule has 0 fully saturated rings. The Morgan fingerprint density at radius 2 is 0.471 bits per heavy atom. The van der Waals surface area contributed by atoms with Gasteiger partial charge in [-0.2, -0.15) is 0 Å². The molecule has 0 unspecified atom stereocenters. The number of nitrogens with zero attached hydrogens (tertiary/aromatic N) is 4. The molecule has 1 aliphatic rings. The lowest BCUT2D eigenvalue weighted by molar-refractivity contribution is 0.997. The Bertz CT molecular complexity index is 3280. The van der Waals surface area contributed by atoms with Gasteiger partial charge in [0.2, 0.25) is 0 Å². The maximum Gasteiger partial charge on any atom is 0.0482 e. The summed E-state index contributed by atoms with van der Waals surface area (Å²) in [5.74, 6) is 0. The Balaban J connectivity index is 0.882. The van der Waals surface area contributed by atoms with Crippen LogP contribution in [-0.4, -0.2) is 0 Å². The fourth-order valence-electron chi connectivity index (χ4n) is 9.42. The van der Waals surface area contributed by atoms with Crippen LogP contribution in [0.5, 0.6) is 0 Å². The summed E-state index contributed by atoms with van der Waals surface area (Å²) in [6.07, 6.45) is 8.96. The number of hydrogen-bond donors (Lipinski definition) is 0. The molecule has 0 saturated carbocycles. The average Bonchev–Trinajstić information content (AvgIpc) is 3.44. The van der Waals surface area contributed by atoms with Gasteiger partial charge in [0.05, 0.1) is 0 Å². The molecular weight excluding hydrogens is 849 g/mol. The van der Waals surface area contributed by atoms with Gasteiger partial charge in [-0.15, -0.1) is 0 Å². The molecular formula is C66H52N4. The molecule has 70 heavy (non-hydrogen) atoms. The first-order valence-corrected chi connectivity index (χ1v) is 24.1. The van der Waals surface area contributed by atoms with E-state index in [2.05, 4.69) is 311 Å². The molecule has 0 atom stereocenters. The quantitative estimate of drug-likeness (QED) is 0.108. The third kappa shape index (κ3) is 9.40. The van der Waals surface area contributed by atoms with Gasteiger partial charge in [-0.1, -0.05) is 158 Å². The van der Waals surface area contributed by atoms with Crippen LogP contribution in [0.4, 0.5) is 62.6 Å². The summed E-state index contributed by atoms with van der Waals surface area (Å²) >= 11 is 0. The van der Waals surface area contributed by atoms with Crippen molar-refractivity contribution in [1.29, 1.82) is 0 Å². The Hall–Kier alpha value is -9.12. The number of rotatable bonds is 14. The van der Waals surface area contributed by atoms with Crippen LogP contribution in [-0.2, 0) is 0 Å². The topological polar surface area (TPSA) is 13.0 Å². The summed E-state index contributed by atoms with van der Waals surface area (Å²) in [7, 11) is 0. The highest BCUT2D eigenvalue weighted by atomic mass is 15.2. The number of allylic oxidation sites excluding steroid dienone is 3. The molecule has 10 aromatic carbocycles. The molecule has 0 radical (unpaired) electrons. The van der Waals surface area contributed by atoms with Crippen molar-refractivity contribution in [2.75, 3.05) is 19.6 Å². The molecule has 4 nitrogen and oxygen atoms in total. The molecule has 10 aromatic rings. The molecule has 11 rings (SSSR count). The van der Waals surface area contributed by atoms with E-state index in [1.165, 1.54) is 11.3 Å². The van der Waals surface area contributed by atoms with Crippen molar-refractivity contribution < 1.29 is 0 Å². The lowest BCUT2D eigenvalue weighted by Gasteiger charge is -2.29. The molecule has 0 spiro atoms. The van der Waals surface area contributed by atoms with Gasteiger partial charge in [-0.05, 0) is 169 Å². The molecule has 0 bridgehead atoms. The first kappa shape index (κ1) is 43.5. The van der Waals surface area contributed by atoms with Gasteiger partial charge in [-0.25, -0.2) is 0 Å². The van der Waals surface area contributed by atoms with Gasteiger partial charge in [-0.3, -0.25) is 0 Å². The number of hydrogen-bond acceptors (Lipinski definition) is 4. The minimum absolute atomic E-state index is 1.05. The summed E-state index contributed by atoms with van der Waals surface area (Å²) in [6, 6.07) is 97.5. The SMILES string of the molecule is C1=CC(N(c2ccccc2)c2ccc(-c3ccc(N(c4ccccc4)c4cccc(N(c5ccccc5)c5ccc(-c6ccc(N(c7ccccc7)c7ccccc7)cc6)cc5)c4)cc3)cc2)=CCC1. The van der Waals surface area contributed by atoms with Gasteiger partial charge >= 0.3 is 0 Å². The molecule has 4 heteroatoms. The first-order valence-electron chi connectivity index (χ1n) is 24.1. The van der Waals surface area contributed by atoms with Crippen LogP contribution in [0.25, 0.3) is 22.3 Å². The van der Waals surface area contributed by atoms with E-state index in [4.69, 9.17) is 0 Å². The molecule has 0 saturated heterocycles. The van der Waals surface area contributed by atoms with E-state index in [9.17, 15) is 0 Å². The van der Waals surface area contributed by atoms with E-state index in [-0.39, 0.29) is 0 Å². The van der Waals surface area contributed by atoms with Crippen LogP contribution in [0.3, 0.4) is 0 Å². The van der Waals surface area contributed by atoms with Crippen molar-refractivity contribution in [1.82, 2.24) is 0 Å². The first-order chi connectivity index (χ1) is 34.7. The largest absolute Gasteiger partial charge is 0.311 e. The summed E-state index contributed by atoms with van der Waals surface area (Å²) in [5.41, 5.74) is 17.9. The molecule has 0 N–H and O–H groups in total. The zero-order chi connectivity index (χ0) is 46.9. The lowest BCUT2D eigenvalue weighted by atomic mass is 10.0. The maximum atomic E-state index is 2.34. The van der Waals surface area contributed by atoms with Crippen molar-refractivity contribution in [3.63, 3.8) is 0 Å². The van der Waals surface area contributed by atoms with Crippen LogP contribution in [0.15, 0.2) is 297 Å². The van der Waals surface area contributed by atoms with Crippen LogP contribution in [0.1, 0.15) is 12.8 Å². The van der Waals surface area contributed by atoms with E-state index in [1.807, 2.05) is 0 Å². The average molecular weight is 901 g/mol.